The fourth-order valence-corrected chi connectivity index (χ4v) is 3.89. The van der Waals surface area contributed by atoms with Crippen molar-refractivity contribution in [1.29, 1.82) is 0 Å². The summed E-state index contributed by atoms with van der Waals surface area (Å²) in [5.74, 6) is -0.518. The Morgan fingerprint density at radius 3 is 2.24 bits per heavy atom. The average Bonchev–Trinajstić information content (AvgIpc) is 2.98. The van der Waals surface area contributed by atoms with Crippen molar-refractivity contribution < 1.29 is 28.6 Å². The molecule has 0 aromatic heterocycles. The lowest BCUT2D eigenvalue weighted by Gasteiger charge is -2.11. The van der Waals surface area contributed by atoms with E-state index in [-0.39, 0.29) is 16.9 Å². The quantitative estimate of drug-likeness (QED) is 0.112. The molecule has 4 aromatic rings. The molecule has 2 N–H and O–H groups in total. The lowest BCUT2D eigenvalue weighted by Crippen LogP contribution is -2.18. The Labute approximate surface area is 241 Å². The topological polar surface area (TPSA) is 115 Å². The number of rotatable bonds is 9. The van der Waals surface area contributed by atoms with Gasteiger partial charge in [-0.05, 0) is 79.2 Å². The van der Waals surface area contributed by atoms with Gasteiger partial charge >= 0.3 is 5.97 Å². The number of hydrogen-bond acceptors (Lipinski definition) is 7. The Hall–Kier alpha value is -5.15. The van der Waals surface area contributed by atoms with Crippen molar-refractivity contribution in [2.75, 3.05) is 19.5 Å². The van der Waals surface area contributed by atoms with E-state index in [0.717, 1.165) is 5.56 Å². The molecule has 2 amide bonds. The molecule has 41 heavy (non-hydrogen) atoms. The summed E-state index contributed by atoms with van der Waals surface area (Å²) in [5.41, 5.74) is 5.41. The van der Waals surface area contributed by atoms with Crippen molar-refractivity contribution in [1.82, 2.24) is 5.43 Å². The predicted octanol–water partition coefficient (Wildman–Crippen LogP) is 5.90. The highest BCUT2D eigenvalue weighted by Crippen LogP contribution is 2.28. The van der Waals surface area contributed by atoms with Crippen molar-refractivity contribution in [3.63, 3.8) is 0 Å². The normalized spacial score (nSPS) is 10.6. The number of esters is 1. The summed E-state index contributed by atoms with van der Waals surface area (Å²) in [4.78, 5) is 37.9. The number of hydrogen-bond donors (Lipinski definition) is 2. The molecule has 0 atom stereocenters. The van der Waals surface area contributed by atoms with Crippen molar-refractivity contribution in [2.45, 2.75) is 6.92 Å². The maximum absolute atomic E-state index is 12.8. The second kappa shape index (κ2) is 13.3. The second-order valence-electron chi connectivity index (χ2n) is 8.74. The minimum absolute atomic E-state index is 0.244. The van der Waals surface area contributed by atoms with Gasteiger partial charge in [0.25, 0.3) is 11.8 Å². The molecule has 0 unspecified atom stereocenters. The number of nitrogens with one attached hydrogen (secondary N) is 2. The van der Waals surface area contributed by atoms with Gasteiger partial charge in [-0.25, -0.2) is 10.2 Å². The van der Waals surface area contributed by atoms with Crippen molar-refractivity contribution in [2.24, 2.45) is 5.10 Å². The maximum Gasteiger partial charge on any atom is 0.343 e. The Balaban J connectivity index is 1.39. The third-order valence-corrected chi connectivity index (χ3v) is 6.08. The van der Waals surface area contributed by atoms with E-state index >= 15 is 0 Å². The number of hydrazone groups is 1. The molecule has 9 nitrogen and oxygen atoms in total. The van der Waals surface area contributed by atoms with Crippen LogP contribution in [0.3, 0.4) is 0 Å². The van der Waals surface area contributed by atoms with Crippen LogP contribution in [-0.2, 0) is 0 Å². The number of ether oxygens (including phenoxy) is 3. The summed E-state index contributed by atoms with van der Waals surface area (Å²) >= 11 is 6.02. The molecule has 208 valence electrons. The summed E-state index contributed by atoms with van der Waals surface area (Å²) in [5, 5.41) is 7.13. The van der Waals surface area contributed by atoms with Crippen LogP contribution in [0.15, 0.2) is 90.0 Å². The van der Waals surface area contributed by atoms with Gasteiger partial charge in [-0.1, -0.05) is 35.4 Å². The van der Waals surface area contributed by atoms with Gasteiger partial charge in [-0.15, -0.1) is 0 Å². The van der Waals surface area contributed by atoms with E-state index in [4.69, 9.17) is 25.8 Å². The van der Waals surface area contributed by atoms with E-state index in [0.29, 0.717) is 33.3 Å². The number of methoxy groups -OCH3 is 2. The average molecular weight is 572 g/mol. The molecule has 0 fully saturated rings. The van der Waals surface area contributed by atoms with Gasteiger partial charge in [0.2, 0.25) is 0 Å². The van der Waals surface area contributed by atoms with Gasteiger partial charge in [-0.3, -0.25) is 9.59 Å². The Bertz CT molecular complexity index is 1620. The molecule has 4 rings (SSSR count). The number of carbonyl (C=O) groups excluding carboxylic acids is 3. The molecule has 4 aromatic carbocycles. The number of nitrogens with zero attached hydrogens (tertiary/aromatic N) is 1. The zero-order valence-corrected chi connectivity index (χ0v) is 23.2. The number of benzene rings is 4. The fraction of sp³-hybridized carbons (Fsp3) is 0.0968. The molecule has 0 aliphatic heterocycles. The van der Waals surface area contributed by atoms with Crippen LogP contribution in [0.4, 0.5) is 5.69 Å². The maximum atomic E-state index is 12.8. The number of carbonyl (C=O) groups is 3. The molecular formula is C31H26ClN3O6. The number of aryl methyl sites for hydroxylation is 1. The van der Waals surface area contributed by atoms with E-state index in [9.17, 15) is 14.4 Å². The van der Waals surface area contributed by atoms with Gasteiger partial charge in [0.15, 0.2) is 11.5 Å². The summed E-state index contributed by atoms with van der Waals surface area (Å²) < 4.78 is 16.1. The molecule has 0 saturated heterocycles. The molecule has 0 aliphatic carbocycles. The SMILES string of the molecule is COc1cc(C=NNC(=O)c2cccc(NC(=O)c3cc(Cl)ccc3OC)c2)ccc1OC(=O)c1ccc(C)cc1. The molecular weight excluding hydrogens is 546 g/mol. The van der Waals surface area contributed by atoms with Crippen molar-refractivity contribution in [3.05, 3.63) is 118 Å². The fourth-order valence-electron chi connectivity index (χ4n) is 3.72. The van der Waals surface area contributed by atoms with Crippen molar-refractivity contribution in [3.8, 4) is 17.2 Å². The zero-order valence-electron chi connectivity index (χ0n) is 22.4. The number of anilines is 1. The smallest absolute Gasteiger partial charge is 0.343 e. The second-order valence-corrected chi connectivity index (χ2v) is 9.18. The molecule has 0 spiro atoms. The third kappa shape index (κ3) is 7.49. The predicted molar refractivity (Wildman–Crippen MR) is 157 cm³/mol. The minimum Gasteiger partial charge on any atom is -0.496 e. The Kier molecular flexibility index (Phi) is 9.34. The van der Waals surface area contributed by atoms with Crippen LogP contribution in [0, 0.1) is 6.92 Å². The Morgan fingerprint density at radius 2 is 1.51 bits per heavy atom. The molecule has 10 heteroatoms. The van der Waals surface area contributed by atoms with E-state index in [1.807, 2.05) is 19.1 Å². The van der Waals surface area contributed by atoms with Crippen LogP contribution in [0.25, 0.3) is 0 Å². The molecule has 0 saturated carbocycles. The number of amides is 2. The molecule has 0 bridgehead atoms. The molecule has 0 aliphatic rings. The van der Waals surface area contributed by atoms with Crippen LogP contribution in [0.1, 0.15) is 42.2 Å². The van der Waals surface area contributed by atoms with Gasteiger partial charge in [0, 0.05) is 16.3 Å². The highest BCUT2D eigenvalue weighted by molar-refractivity contribution is 6.31. The van der Waals surface area contributed by atoms with Crippen LogP contribution >= 0.6 is 11.6 Å². The van der Waals surface area contributed by atoms with E-state index in [2.05, 4.69) is 15.8 Å². The monoisotopic (exact) mass is 571 g/mol. The minimum atomic E-state index is -0.512. The Morgan fingerprint density at radius 1 is 0.780 bits per heavy atom. The first-order chi connectivity index (χ1) is 19.8. The van der Waals surface area contributed by atoms with E-state index < -0.39 is 17.8 Å². The van der Waals surface area contributed by atoms with Gasteiger partial charge in [-0.2, -0.15) is 5.10 Å². The van der Waals surface area contributed by atoms with E-state index in [1.165, 1.54) is 32.6 Å². The lowest BCUT2D eigenvalue weighted by molar-refractivity contribution is 0.0729. The van der Waals surface area contributed by atoms with E-state index in [1.54, 1.807) is 60.7 Å². The van der Waals surface area contributed by atoms with Gasteiger partial charge < -0.3 is 19.5 Å². The van der Waals surface area contributed by atoms with Crippen LogP contribution in [0.5, 0.6) is 17.2 Å². The van der Waals surface area contributed by atoms with Crippen LogP contribution in [0.2, 0.25) is 5.02 Å². The molecule has 0 radical (unpaired) electrons. The first-order valence-electron chi connectivity index (χ1n) is 12.3. The van der Waals surface area contributed by atoms with Crippen LogP contribution in [-0.4, -0.2) is 38.2 Å². The summed E-state index contributed by atoms with van der Waals surface area (Å²) in [6, 6.07) is 23.0. The standard InChI is InChI=1S/C31H26ClN3O6/c1-19-7-10-21(11-8-19)31(38)41-27-13-9-20(15-28(27)40-3)18-33-35-29(36)22-5-4-6-24(16-22)34-30(37)25-17-23(32)12-14-26(25)39-2/h4-18H,1-3H3,(H,34,37)(H,35,36). The van der Waals surface area contributed by atoms with Crippen LogP contribution < -0.4 is 25.0 Å². The first-order valence-corrected chi connectivity index (χ1v) is 12.7. The largest absolute Gasteiger partial charge is 0.496 e. The highest BCUT2D eigenvalue weighted by Gasteiger charge is 2.15. The first kappa shape index (κ1) is 28.8. The van der Waals surface area contributed by atoms with Gasteiger partial charge in [0.1, 0.15) is 5.75 Å². The lowest BCUT2D eigenvalue weighted by atomic mass is 10.1. The molecule has 0 heterocycles. The zero-order chi connectivity index (χ0) is 29.4. The third-order valence-electron chi connectivity index (χ3n) is 5.85. The van der Waals surface area contributed by atoms with Gasteiger partial charge in [0.05, 0.1) is 31.6 Å². The summed E-state index contributed by atoms with van der Waals surface area (Å²) in [6.45, 7) is 1.93. The number of halogens is 1. The highest BCUT2D eigenvalue weighted by atomic mass is 35.5. The summed E-state index contributed by atoms with van der Waals surface area (Å²) in [6.07, 6.45) is 1.42. The van der Waals surface area contributed by atoms with Crippen molar-refractivity contribution >= 4 is 41.3 Å². The summed E-state index contributed by atoms with van der Waals surface area (Å²) in [7, 11) is 2.91.